The van der Waals surface area contributed by atoms with Crippen molar-refractivity contribution in [2.75, 3.05) is 0 Å². The number of aliphatic carboxylic acids is 1. The van der Waals surface area contributed by atoms with Crippen LogP contribution in [0.5, 0.6) is 0 Å². The number of carboxylic acid groups (broad SMARTS) is 1. The standard InChI is InChI=1S/C4H8O2.BrH.Mg/c1-2-3-4(5)6;;/h2-3H2,1H3,(H,5,6);1H;/q;;+2/p-2. The molecule has 0 fully saturated rings. The Kier molecular flexibility index (Phi) is 21.1. The molecular formula is C4H7BrMgO2. The van der Waals surface area contributed by atoms with E-state index in [0.29, 0.717) is 6.42 Å². The molecule has 0 aromatic heterocycles. The topological polar surface area (TPSA) is 40.1 Å². The summed E-state index contributed by atoms with van der Waals surface area (Å²) in [6.07, 6.45) is 0.850. The first-order valence-corrected chi connectivity index (χ1v) is 1.97. The Morgan fingerprint density at radius 3 is 2.00 bits per heavy atom. The van der Waals surface area contributed by atoms with Gasteiger partial charge in [-0.15, -0.1) is 0 Å². The van der Waals surface area contributed by atoms with Crippen molar-refractivity contribution in [3.63, 3.8) is 0 Å². The van der Waals surface area contributed by atoms with Crippen molar-refractivity contribution in [2.24, 2.45) is 0 Å². The summed E-state index contributed by atoms with van der Waals surface area (Å²) in [5, 5.41) is 9.49. The second-order valence-electron chi connectivity index (χ2n) is 1.12. The largest absolute Gasteiger partial charge is 2.00 e. The van der Waals surface area contributed by atoms with Gasteiger partial charge < -0.3 is 26.9 Å². The van der Waals surface area contributed by atoms with Gasteiger partial charge in [-0.2, -0.15) is 0 Å². The molecule has 0 amide bonds. The van der Waals surface area contributed by atoms with E-state index in [2.05, 4.69) is 0 Å². The van der Waals surface area contributed by atoms with Crippen molar-refractivity contribution >= 4 is 29.0 Å². The summed E-state index contributed by atoms with van der Waals surface area (Å²) in [5.74, 6) is -0.961. The average molecular weight is 191 g/mol. The van der Waals surface area contributed by atoms with Gasteiger partial charge in [-0.05, 0) is 6.42 Å². The maximum absolute atomic E-state index is 9.49. The summed E-state index contributed by atoms with van der Waals surface area (Å²) in [7, 11) is 0. The Labute approximate surface area is 75.6 Å². The number of halogens is 1. The van der Waals surface area contributed by atoms with Crippen LogP contribution in [0.25, 0.3) is 0 Å². The second kappa shape index (κ2) is 10.7. The monoisotopic (exact) mass is 190 g/mol. The third-order valence-electron chi connectivity index (χ3n) is 0.454. The number of hydrogen-bond donors (Lipinski definition) is 0. The van der Waals surface area contributed by atoms with Crippen LogP contribution in [0.1, 0.15) is 19.8 Å². The smallest absolute Gasteiger partial charge is 1.00 e. The molecule has 0 aromatic carbocycles. The minimum Gasteiger partial charge on any atom is -1.00 e. The van der Waals surface area contributed by atoms with Crippen molar-refractivity contribution in [2.45, 2.75) is 19.8 Å². The van der Waals surface area contributed by atoms with Crippen LogP contribution in [0.4, 0.5) is 0 Å². The molecule has 0 aliphatic carbocycles. The third kappa shape index (κ3) is 15.9. The molecule has 2 nitrogen and oxygen atoms in total. The van der Waals surface area contributed by atoms with Gasteiger partial charge in [-0.3, -0.25) is 0 Å². The van der Waals surface area contributed by atoms with Gasteiger partial charge >= 0.3 is 23.1 Å². The van der Waals surface area contributed by atoms with Crippen molar-refractivity contribution in [3.05, 3.63) is 0 Å². The van der Waals surface area contributed by atoms with Gasteiger partial charge in [0.2, 0.25) is 0 Å². The number of carbonyl (C=O) groups is 1. The van der Waals surface area contributed by atoms with Gasteiger partial charge in [-0.25, -0.2) is 0 Å². The SMILES string of the molecule is CCCC(=O)[O-].[Br-].[Mg+2]. The van der Waals surface area contributed by atoms with Crippen LogP contribution in [0.3, 0.4) is 0 Å². The summed E-state index contributed by atoms with van der Waals surface area (Å²) >= 11 is 0. The van der Waals surface area contributed by atoms with E-state index in [1.807, 2.05) is 0 Å². The average Bonchev–Trinajstić information content (AvgIpc) is 1.35. The summed E-state index contributed by atoms with van der Waals surface area (Å²) < 4.78 is 0. The number of carboxylic acids is 1. The number of rotatable bonds is 2. The minimum atomic E-state index is -0.961. The molecule has 0 saturated carbocycles. The zero-order valence-electron chi connectivity index (χ0n) is 4.82. The van der Waals surface area contributed by atoms with Crippen LogP contribution in [0.2, 0.25) is 0 Å². The quantitative estimate of drug-likeness (QED) is 0.419. The first-order chi connectivity index (χ1) is 2.77. The molecule has 0 aromatic rings. The maximum atomic E-state index is 9.49. The van der Waals surface area contributed by atoms with Gasteiger partial charge in [0, 0.05) is 5.97 Å². The van der Waals surface area contributed by atoms with E-state index in [-0.39, 0.29) is 46.5 Å². The Hall–Kier alpha value is 0.716. The molecular weight excluding hydrogens is 184 g/mol. The Morgan fingerprint density at radius 1 is 1.62 bits per heavy atom. The minimum absolute atomic E-state index is 0. The molecule has 0 aliphatic rings. The van der Waals surface area contributed by atoms with Crippen LogP contribution >= 0.6 is 0 Å². The van der Waals surface area contributed by atoms with E-state index in [9.17, 15) is 9.90 Å². The molecule has 0 N–H and O–H groups in total. The Bertz CT molecular complexity index is 58.0. The molecule has 0 aliphatic heterocycles. The predicted octanol–water partition coefficient (Wildman–Crippen LogP) is -3.84. The van der Waals surface area contributed by atoms with Crippen molar-refractivity contribution in [1.82, 2.24) is 0 Å². The molecule has 4 heteroatoms. The van der Waals surface area contributed by atoms with Crippen LogP contribution in [-0.2, 0) is 4.79 Å². The van der Waals surface area contributed by atoms with Gasteiger partial charge in [0.05, 0.1) is 0 Å². The summed E-state index contributed by atoms with van der Waals surface area (Å²) in [6.45, 7) is 1.80. The van der Waals surface area contributed by atoms with Gasteiger partial charge in [0.15, 0.2) is 0 Å². The van der Waals surface area contributed by atoms with Gasteiger partial charge in [0.1, 0.15) is 0 Å². The van der Waals surface area contributed by atoms with E-state index in [1.165, 1.54) is 0 Å². The van der Waals surface area contributed by atoms with E-state index in [1.54, 1.807) is 6.92 Å². The van der Waals surface area contributed by atoms with Gasteiger partial charge in [-0.1, -0.05) is 13.3 Å². The number of carbonyl (C=O) groups excluding carboxylic acids is 1. The molecule has 0 bridgehead atoms. The van der Waals surface area contributed by atoms with Crippen molar-refractivity contribution < 1.29 is 26.9 Å². The Morgan fingerprint density at radius 2 is 2.00 bits per heavy atom. The summed E-state index contributed by atoms with van der Waals surface area (Å²) in [5.41, 5.74) is 0. The second-order valence-corrected chi connectivity index (χ2v) is 1.12. The first kappa shape index (κ1) is 15.9. The molecule has 0 saturated heterocycles. The fraction of sp³-hybridized carbons (Fsp3) is 0.750. The van der Waals surface area contributed by atoms with Crippen molar-refractivity contribution in [1.29, 1.82) is 0 Å². The molecule has 0 radical (unpaired) electrons. The first-order valence-electron chi connectivity index (χ1n) is 1.97. The van der Waals surface area contributed by atoms with E-state index in [4.69, 9.17) is 0 Å². The molecule has 8 heavy (non-hydrogen) atoms. The van der Waals surface area contributed by atoms with E-state index < -0.39 is 5.97 Å². The zero-order valence-corrected chi connectivity index (χ0v) is 7.82. The fourth-order valence-corrected chi connectivity index (χ4v) is 0.204. The molecule has 0 unspecified atom stereocenters. The van der Waals surface area contributed by atoms with Crippen molar-refractivity contribution in [3.8, 4) is 0 Å². The number of hydrogen-bond acceptors (Lipinski definition) is 2. The van der Waals surface area contributed by atoms with Crippen LogP contribution in [0, 0.1) is 0 Å². The Balaban J connectivity index is -0.000000125. The fourth-order valence-electron chi connectivity index (χ4n) is 0.204. The molecule has 0 heterocycles. The maximum Gasteiger partial charge on any atom is 2.00 e. The van der Waals surface area contributed by atoms with E-state index in [0.717, 1.165) is 0 Å². The normalized spacial score (nSPS) is 6.12. The third-order valence-corrected chi connectivity index (χ3v) is 0.454. The molecule has 44 valence electrons. The van der Waals surface area contributed by atoms with Crippen LogP contribution in [0.15, 0.2) is 0 Å². The molecule has 0 rings (SSSR count). The summed E-state index contributed by atoms with van der Waals surface area (Å²) in [4.78, 5) is 9.49. The molecule has 0 atom stereocenters. The predicted molar refractivity (Wildman–Crippen MR) is 25.7 cm³/mol. The van der Waals surface area contributed by atoms with Crippen LogP contribution < -0.4 is 22.1 Å². The van der Waals surface area contributed by atoms with Crippen LogP contribution in [-0.4, -0.2) is 29.0 Å². The molecule has 0 spiro atoms. The van der Waals surface area contributed by atoms with Gasteiger partial charge in [0.25, 0.3) is 0 Å². The summed E-state index contributed by atoms with van der Waals surface area (Å²) in [6, 6.07) is 0. The van der Waals surface area contributed by atoms with E-state index >= 15 is 0 Å². The zero-order chi connectivity index (χ0) is 4.99.